The summed E-state index contributed by atoms with van der Waals surface area (Å²) in [5.41, 5.74) is 3.51. The van der Waals surface area contributed by atoms with Crippen molar-refractivity contribution in [3.63, 3.8) is 0 Å². The fourth-order valence-corrected chi connectivity index (χ4v) is 2.82. The average Bonchev–Trinajstić information content (AvgIpc) is 2.58. The highest BCUT2D eigenvalue weighted by Crippen LogP contribution is 2.29. The summed E-state index contributed by atoms with van der Waals surface area (Å²) in [6.45, 7) is 0.393. The van der Waals surface area contributed by atoms with Crippen LogP contribution in [0.2, 0.25) is 0 Å². The van der Waals surface area contributed by atoms with Crippen molar-refractivity contribution in [2.75, 3.05) is 6.61 Å². The lowest BCUT2D eigenvalue weighted by atomic mass is 9.93. The first-order valence-corrected chi connectivity index (χ1v) is 7.31. The second-order valence-corrected chi connectivity index (χ2v) is 5.43. The summed E-state index contributed by atoms with van der Waals surface area (Å²) >= 11 is 0. The summed E-state index contributed by atoms with van der Waals surface area (Å²) in [4.78, 5) is 24.1. The van der Waals surface area contributed by atoms with Crippen LogP contribution in [-0.4, -0.2) is 18.4 Å². The predicted molar refractivity (Wildman–Crippen MR) is 86.8 cm³/mol. The molecule has 4 rings (SSSR count). The standard InChI is InChI=1S/C19H13NO3/c21-18-15-7-3-2-6-14(15)16(19(22)20-18)10-12-9-13-5-1-4-8-17(13)23-11-12/h1-10H,11H2,(H,20,21,22)/b16-10-. The van der Waals surface area contributed by atoms with E-state index in [4.69, 9.17) is 4.74 Å². The minimum absolute atomic E-state index is 0.359. The lowest BCUT2D eigenvalue weighted by Crippen LogP contribution is -2.36. The van der Waals surface area contributed by atoms with Crippen LogP contribution in [-0.2, 0) is 4.79 Å². The van der Waals surface area contributed by atoms with Gasteiger partial charge >= 0.3 is 0 Å². The van der Waals surface area contributed by atoms with E-state index in [0.717, 1.165) is 16.9 Å². The lowest BCUT2D eigenvalue weighted by Gasteiger charge is -2.20. The van der Waals surface area contributed by atoms with E-state index in [9.17, 15) is 9.59 Å². The molecule has 2 amide bonds. The van der Waals surface area contributed by atoms with E-state index in [1.807, 2.05) is 36.4 Å². The quantitative estimate of drug-likeness (QED) is 0.651. The number of nitrogens with one attached hydrogen (secondary N) is 1. The van der Waals surface area contributed by atoms with Crippen LogP contribution >= 0.6 is 0 Å². The van der Waals surface area contributed by atoms with Gasteiger partial charge in [0, 0.05) is 16.7 Å². The largest absolute Gasteiger partial charge is 0.488 e. The Bertz CT molecular complexity index is 893. The highest BCUT2D eigenvalue weighted by molar-refractivity contribution is 6.31. The van der Waals surface area contributed by atoms with Gasteiger partial charge in [-0.05, 0) is 35.4 Å². The van der Waals surface area contributed by atoms with Crippen LogP contribution in [0.3, 0.4) is 0 Å². The van der Waals surface area contributed by atoms with Crippen LogP contribution < -0.4 is 10.1 Å². The molecule has 112 valence electrons. The second kappa shape index (κ2) is 5.25. The third-order valence-electron chi connectivity index (χ3n) is 3.92. The number of fused-ring (bicyclic) bond motifs is 2. The molecule has 0 saturated carbocycles. The lowest BCUT2D eigenvalue weighted by molar-refractivity contribution is -0.114. The van der Waals surface area contributed by atoms with Crippen molar-refractivity contribution in [1.29, 1.82) is 0 Å². The normalized spacial score (nSPS) is 17.7. The molecule has 0 fully saturated rings. The minimum Gasteiger partial charge on any atom is -0.488 e. The maximum Gasteiger partial charge on any atom is 0.258 e. The first-order valence-electron chi connectivity index (χ1n) is 7.31. The number of para-hydroxylation sites is 1. The van der Waals surface area contributed by atoms with Crippen LogP contribution in [0.5, 0.6) is 5.75 Å². The Labute approximate surface area is 133 Å². The number of amides is 2. The Hall–Kier alpha value is -3.14. The fraction of sp³-hybridized carbons (Fsp3) is 0.0526. The smallest absolute Gasteiger partial charge is 0.258 e. The summed E-state index contributed by atoms with van der Waals surface area (Å²) in [5, 5.41) is 2.38. The van der Waals surface area contributed by atoms with Crippen molar-refractivity contribution < 1.29 is 14.3 Å². The first kappa shape index (κ1) is 13.5. The highest BCUT2D eigenvalue weighted by Gasteiger charge is 2.27. The number of hydrogen-bond donors (Lipinski definition) is 1. The summed E-state index contributed by atoms with van der Waals surface area (Å²) < 4.78 is 5.71. The minimum atomic E-state index is -0.381. The second-order valence-electron chi connectivity index (χ2n) is 5.43. The van der Waals surface area contributed by atoms with Crippen molar-refractivity contribution >= 4 is 23.5 Å². The molecule has 0 radical (unpaired) electrons. The molecule has 0 spiro atoms. The highest BCUT2D eigenvalue weighted by atomic mass is 16.5. The molecule has 2 aliphatic heterocycles. The number of hydrogen-bond acceptors (Lipinski definition) is 3. The first-order chi connectivity index (χ1) is 11.2. The third-order valence-corrected chi connectivity index (χ3v) is 3.92. The van der Waals surface area contributed by atoms with Gasteiger partial charge in [0.15, 0.2) is 0 Å². The number of ether oxygens (including phenoxy) is 1. The number of imide groups is 1. The van der Waals surface area contributed by atoms with E-state index in [-0.39, 0.29) is 11.8 Å². The van der Waals surface area contributed by atoms with Gasteiger partial charge in [-0.1, -0.05) is 36.4 Å². The summed E-state index contributed by atoms with van der Waals surface area (Å²) in [5.74, 6) is 0.0914. The van der Waals surface area contributed by atoms with E-state index in [2.05, 4.69) is 5.32 Å². The molecule has 0 unspecified atom stereocenters. The van der Waals surface area contributed by atoms with Gasteiger partial charge in [-0.25, -0.2) is 0 Å². The molecule has 0 aliphatic carbocycles. The monoisotopic (exact) mass is 303 g/mol. The molecule has 4 heteroatoms. The van der Waals surface area contributed by atoms with Crippen molar-refractivity contribution in [2.24, 2.45) is 0 Å². The molecule has 0 saturated heterocycles. The van der Waals surface area contributed by atoms with Crippen LogP contribution in [0.1, 0.15) is 21.5 Å². The SMILES string of the molecule is O=C1NC(=O)c2ccccc2/C1=C/C1=Cc2ccccc2OC1. The van der Waals surface area contributed by atoms with Crippen molar-refractivity contribution in [3.8, 4) is 5.75 Å². The van der Waals surface area contributed by atoms with E-state index in [0.29, 0.717) is 23.3 Å². The molecule has 2 heterocycles. The van der Waals surface area contributed by atoms with E-state index in [1.165, 1.54) is 0 Å². The van der Waals surface area contributed by atoms with Gasteiger partial charge in [0.2, 0.25) is 0 Å². The Morgan fingerprint density at radius 3 is 2.52 bits per heavy atom. The summed E-state index contributed by atoms with van der Waals surface area (Å²) in [6, 6.07) is 14.8. The topological polar surface area (TPSA) is 55.4 Å². The molecule has 1 N–H and O–H groups in total. The van der Waals surface area contributed by atoms with Gasteiger partial charge in [-0.15, -0.1) is 0 Å². The van der Waals surface area contributed by atoms with Gasteiger partial charge in [-0.3, -0.25) is 14.9 Å². The molecule has 2 aliphatic rings. The Balaban J connectivity index is 1.80. The number of rotatable bonds is 1. The maximum absolute atomic E-state index is 12.2. The number of carbonyl (C=O) groups is 2. The molecule has 0 bridgehead atoms. The van der Waals surface area contributed by atoms with E-state index < -0.39 is 0 Å². The zero-order valence-corrected chi connectivity index (χ0v) is 12.2. The van der Waals surface area contributed by atoms with Crippen molar-refractivity contribution in [2.45, 2.75) is 0 Å². The molecule has 4 nitrogen and oxygen atoms in total. The molecule has 0 aromatic heterocycles. The van der Waals surface area contributed by atoms with Gasteiger partial charge in [0.05, 0.1) is 0 Å². The van der Waals surface area contributed by atoms with Gasteiger partial charge in [-0.2, -0.15) is 0 Å². The van der Waals surface area contributed by atoms with Crippen LogP contribution in [0, 0.1) is 0 Å². The van der Waals surface area contributed by atoms with Gasteiger partial charge < -0.3 is 4.74 Å². The van der Waals surface area contributed by atoms with Gasteiger partial charge in [0.25, 0.3) is 11.8 Å². The summed E-state index contributed by atoms with van der Waals surface area (Å²) in [6.07, 6.45) is 3.79. The van der Waals surface area contributed by atoms with Crippen LogP contribution in [0.4, 0.5) is 0 Å². The number of carbonyl (C=O) groups excluding carboxylic acids is 2. The molecule has 2 aromatic carbocycles. The zero-order chi connectivity index (χ0) is 15.8. The van der Waals surface area contributed by atoms with E-state index >= 15 is 0 Å². The molecule has 23 heavy (non-hydrogen) atoms. The zero-order valence-electron chi connectivity index (χ0n) is 12.2. The molecular formula is C19H13NO3. The van der Waals surface area contributed by atoms with Crippen LogP contribution in [0.25, 0.3) is 11.6 Å². The van der Waals surface area contributed by atoms with Crippen molar-refractivity contribution in [1.82, 2.24) is 5.32 Å². The molecule has 2 aromatic rings. The predicted octanol–water partition coefficient (Wildman–Crippen LogP) is 2.82. The fourth-order valence-electron chi connectivity index (χ4n) is 2.82. The molecule has 0 atom stereocenters. The average molecular weight is 303 g/mol. The van der Waals surface area contributed by atoms with E-state index in [1.54, 1.807) is 24.3 Å². The Morgan fingerprint density at radius 1 is 0.913 bits per heavy atom. The number of benzene rings is 2. The maximum atomic E-state index is 12.2. The summed E-state index contributed by atoms with van der Waals surface area (Å²) in [7, 11) is 0. The molecular weight excluding hydrogens is 290 g/mol. The Morgan fingerprint density at radius 2 is 1.65 bits per heavy atom. The third kappa shape index (κ3) is 2.34. The van der Waals surface area contributed by atoms with Crippen LogP contribution in [0.15, 0.2) is 60.2 Å². The van der Waals surface area contributed by atoms with Gasteiger partial charge in [0.1, 0.15) is 12.4 Å². The van der Waals surface area contributed by atoms with Crippen molar-refractivity contribution in [3.05, 3.63) is 76.9 Å². The Kier molecular flexibility index (Phi) is 3.08.